The second-order valence-electron chi connectivity index (χ2n) is 8.08. The highest BCUT2D eigenvalue weighted by Gasteiger charge is 2.14. The van der Waals surface area contributed by atoms with Gasteiger partial charge in [-0.1, -0.05) is 45.0 Å². The molecule has 0 fully saturated rings. The molecule has 1 atom stereocenters. The van der Waals surface area contributed by atoms with E-state index in [1.54, 1.807) is 18.4 Å². The Labute approximate surface area is 173 Å². The molecule has 0 radical (unpaired) electrons. The Kier molecular flexibility index (Phi) is 8.01. The summed E-state index contributed by atoms with van der Waals surface area (Å²) in [4.78, 5) is 11.2. The summed E-state index contributed by atoms with van der Waals surface area (Å²) in [5, 5.41) is 6.55. The van der Waals surface area contributed by atoms with Crippen molar-refractivity contribution in [3.05, 3.63) is 51.5 Å². The highest BCUT2D eigenvalue weighted by Crippen LogP contribution is 2.22. The third-order valence-electron chi connectivity index (χ3n) is 4.76. The predicted octanol–water partition coefficient (Wildman–Crippen LogP) is 4.40. The van der Waals surface area contributed by atoms with Crippen molar-refractivity contribution in [2.45, 2.75) is 52.2 Å². The first-order valence-electron chi connectivity index (χ1n) is 9.73. The van der Waals surface area contributed by atoms with Crippen LogP contribution in [-0.4, -0.2) is 43.6 Å². The zero-order valence-electron chi connectivity index (χ0n) is 18.2. The van der Waals surface area contributed by atoms with Crippen molar-refractivity contribution in [3.63, 3.8) is 0 Å². The number of ether oxygens (including phenoxy) is 1. The van der Waals surface area contributed by atoms with Crippen LogP contribution in [0.15, 0.2) is 34.6 Å². The van der Waals surface area contributed by atoms with Crippen LogP contribution < -0.4 is 5.32 Å². The molecule has 0 aliphatic carbocycles. The van der Waals surface area contributed by atoms with Gasteiger partial charge in [-0.3, -0.25) is 4.99 Å². The first-order valence-corrected chi connectivity index (χ1v) is 10.6. The Hall–Kier alpha value is -1.92. The fourth-order valence-electron chi connectivity index (χ4n) is 2.88. The summed E-state index contributed by atoms with van der Waals surface area (Å²) in [7, 11) is 5.56. The number of hydrogen-bond donors (Lipinski definition) is 1. The standard InChI is InChI=1S/C22H34N4OS/c1-16(27-7)20-25-19(15-28-20)14-26(6)21(23-5)24-13-12-17-8-10-18(11-9-17)22(2,3)4/h8-11,15-16H,12-14H2,1-7H3,(H,23,24). The average Bonchev–Trinajstić information content (AvgIpc) is 3.12. The lowest BCUT2D eigenvalue weighted by molar-refractivity contribution is 0.119. The fraction of sp³-hybridized carbons (Fsp3) is 0.545. The van der Waals surface area contributed by atoms with E-state index < -0.39 is 0 Å². The lowest BCUT2D eigenvalue weighted by Gasteiger charge is -2.21. The van der Waals surface area contributed by atoms with Gasteiger partial charge in [-0.15, -0.1) is 11.3 Å². The van der Waals surface area contributed by atoms with Crippen LogP contribution in [0.3, 0.4) is 0 Å². The van der Waals surface area contributed by atoms with Crippen LogP contribution in [0.2, 0.25) is 0 Å². The molecule has 1 heterocycles. The summed E-state index contributed by atoms with van der Waals surface area (Å²) in [5.41, 5.74) is 3.92. The van der Waals surface area contributed by atoms with Gasteiger partial charge < -0.3 is 15.0 Å². The zero-order valence-corrected chi connectivity index (χ0v) is 19.1. The minimum atomic E-state index is 0.0335. The molecule has 1 aromatic heterocycles. The van der Waals surface area contributed by atoms with E-state index in [2.05, 4.69) is 70.6 Å². The summed E-state index contributed by atoms with van der Waals surface area (Å²) in [6.45, 7) is 10.3. The Morgan fingerprint density at radius 3 is 2.54 bits per heavy atom. The molecule has 154 valence electrons. The van der Waals surface area contributed by atoms with E-state index in [4.69, 9.17) is 4.74 Å². The van der Waals surface area contributed by atoms with Gasteiger partial charge in [-0.25, -0.2) is 4.98 Å². The average molecular weight is 403 g/mol. The summed E-state index contributed by atoms with van der Waals surface area (Å²) in [5.74, 6) is 0.876. The molecule has 1 unspecified atom stereocenters. The topological polar surface area (TPSA) is 49.8 Å². The van der Waals surface area contributed by atoms with Gasteiger partial charge in [-0.2, -0.15) is 0 Å². The smallest absolute Gasteiger partial charge is 0.193 e. The van der Waals surface area contributed by atoms with Crippen LogP contribution in [0.5, 0.6) is 0 Å². The molecule has 0 saturated heterocycles. The maximum absolute atomic E-state index is 5.34. The van der Waals surface area contributed by atoms with E-state index in [1.807, 2.05) is 21.0 Å². The van der Waals surface area contributed by atoms with Crippen molar-refractivity contribution in [2.24, 2.45) is 4.99 Å². The highest BCUT2D eigenvalue weighted by atomic mass is 32.1. The molecule has 5 nitrogen and oxygen atoms in total. The molecular formula is C22H34N4OS. The lowest BCUT2D eigenvalue weighted by atomic mass is 9.86. The van der Waals surface area contributed by atoms with Crippen LogP contribution in [0.1, 0.15) is 55.6 Å². The SMILES string of the molecule is CN=C(NCCc1ccc(C(C)(C)C)cc1)N(C)Cc1csc(C(C)OC)n1. The Morgan fingerprint density at radius 1 is 1.29 bits per heavy atom. The number of hydrogen-bond acceptors (Lipinski definition) is 4. The van der Waals surface area contributed by atoms with Gasteiger partial charge in [0.05, 0.1) is 12.2 Å². The van der Waals surface area contributed by atoms with Gasteiger partial charge in [0, 0.05) is 33.1 Å². The molecule has 28 heavy (non-hydrogen) atoms. The Balaban J connectivity index is 1.85. The second kappa shape index (κ2) is 10.0. The maximum atomic E-state index is 5.34. The summed E-state index contributed by atoms with van der Waals surface area (Å²) in [6, 6.07) is 8.92. The molecule has 6 heteroatoms. The van der Waals surface area contributed by atoms with Crippen molar-refractivity contribution < 1.29 is 4.74 Å². The second-order valence-corrected chi connectivity index (χ2v) is 8.97. The van der Waals surface area contributed by atoms with E-state index in [1.165, 1.54) is 11.1 Å². The minimum Gasteiger partial charge on any atom is -0.375 e. The van der Waals surface area contributed by atoms with Crippen molar-refractivity contribution in [2.75, 3.05) is 27.7 Å². The number of aromatic nitrogens is 1. The van der Waals surface area contributed by atoms with Crippen LogP contribution in [-0.2, 0) is 23.1 Å². The monoisotopic (exact) mass is 402 g/mol. The van der Waals surface area contributed by atoms with E-state index in [0.29, 0.717) is 6.54 Å². The zero-order chi connectivity index (χ0) is 20.7. The molecule has 0 amide bonds. The maximum Gasteiger partial charge on any atom is 0.193 e. The normalized spacial score (nSPS) is 13.5. The lowest BCUT2D eigenvalue weighted by Crippen LogP contribution is -2.39. The number of nitrogens with zero attached hydrogens (tertiary/aromatic N) is 3. The largest absolute Gasteiger partial charge is 0.375 e. The molecule has 1 aromatic carbocycles. The number of benzene rings is 1. The molecular weight excluding hydrogens is 368 g/mol. The van der Waals surface area contributed by atoms with Crippen molar-refractivity contribution in [1.29, 1.82) is 0 Å². The quantitative estimate of drug-likeness (QED) is 0.551. The van der Waals surface area contributed by atoms with Gasteiger partial charge in [0.2, 0.25) is 0 Å². The summed E-state index contributed by atoms with van der Waals surface area (Å²) >= 11 is 1.64. The number of guanidine groups is 1. The van der Waals surface area contributed by atoms with Crippen molar-refractivity contribution in [1.82, 2.24) is 15.2 Å². The first kappa shape index (κ1) is 22.4. The van der Waals surface area contributed by atoms with E-state index in [-0.39, 0.29) is 11.5 Å². The Morgan fingerprint density at radius 2 is 1.96 bits per heavy atom. The molecule has 0 spiro atoms. The molecule has 0 bridgehead atoms. The van der Waals surface area contributed by atoms with E-state index in [9.17, 15) is 0 Å². The molecule has 0 aliphatic heterocycles. The van der Waals surface area contributed by atoms with Crippen LogP contribution in [0.4, 0.5) is 0 Å². The minimum absolute atomic E-state index is 0.0335. The van der Waals surface area contributed by atoms with Crippen LogP contribution >= 0.6 is 11.3 Å². The Bertz CT molecular complexity index is 762. The number of nitrogens with one attached hydrogen (secondary N) is 1. The summed E-state index contributed by atoms with van der Waals surface area (Å²) < 4.78 is 5.34. The van der Waals surface area contributed by atoms with Crippen LogP contribution in [0, 0.1) is 0 Å². The predicted molar refractivity (Wildman–Crippen MR) is 119 cm³/mol. The van der Waals surface area contributed by atoms with Gasteiger partial charge in [0.15, 0.2) is 5.96 Å². The highest BCUT2D eigenvalue weighted by molar-refractivity contribution is 7.09. The molecule has 2 rings (SSSR count). The summed E-state index contributed by atoms with van der Waals surface area (Å²) in [6.07, 6.45) is 0.995. The van der Waals surface area contributed by atoms with Gasteiger partial charge >= 0.3 is 0 Å². The third-order valence-corrected chi connectivity index (χ3v) is 5.81. The van der Waals surface area contributed by atoms with Gasteiger partial charge in [-0.05, 0) is 29.9 Å². The van der Waals surface area contributed by atoms with E-state index in [0.717, 1.165) is 29.6 Å². The first-order chi connectivity index (χ1) is 13.2. The fourth-order valence-corrected chi connectivity index (χ4v) is 3.72. The number of thiazole rings is 1. The van der Waals surface area contributed by atoms with Crippen molar-refractivity contribution >= 4 is 17.3 Å². The third kappa shape index (κ3) is 6.31. The number of rotatable bonds is 7. The molecule has 1 N–H and O–H groups in total. The van der Waals surface area contributed by atoms with E-state index >= 15 is 0 Å². The molecule has 2 aromatic rings. The molecule has 0 aliphatic rings. The van der Waals surface area contributed by atoms with Gasteiger partial charge in [0.25, 0.3) is 0 Å². The van der Waals surface area contributed by atoms with Crippen LogP contribution in [0.25, 0.3) is 0 Å². The molecule has 0 saturated carbocycles. The number of methoxy groups -OCH3 is 1. The van der Waals surface area contributed by atoms with Crippen molar-refractivity contribution in [3.8, 4) is 0 Å². The number of aliphatic imine (C=N–C) groups is 1. The van der Waals surface area contributed by atoms with Gasteiger partial charge in [0.1, 0.15) is 11.1 Å².